The van der Waals surface area contributed by atoms with E-state index in [2.05, 4.69) is 6.58 Å². The van der Waals surface area contributed by atoms with Crippen molar-refractivity contribution in [2.24, 2.45) is 5.92 Å². The highest BCUT2D eigenvalue weighted by molar-refractivity contribution is 5.59. The molecule has 0 aromatic rings. The minimum Gasteiger partial charge on any atom is -0.302 e. The molecule has 0 saturated heterocycles. The second kappa shape index (κ2) is 5.66. The second-order valence-corrected chi connectivity index (χ2v) is 2.58. The Balaban J connectivity index is 3.99. The van der Waals surface area contributed by atoms with Gasteiger partial charge in [0.1, 0.15) is 6.29 Å². The lowest BCUT2D eigenvalue weighted by molar-refractivity contribution is -0.108. The summed E-state index contributed by atoms with van der Waals surface area (Å²) in [5, 5.41) is 0. The molecule has 0 bridgehead atoms. The monoisotopic (exact) mass is 150 g/mol. The van der Waals surface area contributed by atoms with Crippen LogP contribution in [0.25, 0.3) is 0 Å². The SMILES string of the molecule is C=CC(C=O)/C=C/C=C(C)C. The van der Waals surface area contributed by atoms with Crippen molar-refractivity contribution in [1.29, 1.82) is 0 Å². The van der Waals surface area contributed by atoms with Crippen LogP contribution in [0.1, 0.15) is 13.8 Å². The topological polar surface area (TPSA) is 17.1 Å². The summed E-state index contributed by atoms with van der Waals surface area (Å²) in [7, 11) is 0. The van der Waals surface area contributed by atoms with Gasteiger partial charge < -0.3 is 4.79 Å². The van der Waals surface area contributed by atoms with E-state index in [4.69, 9.17) is 0 Å². The van der Waals surface area contributed by atoms with E-state index in [1.165, 1.54) is 5.57 Å². The molecular formula is C10H14O. The number of rotatable bonds is 4. The Bertz CT molecular complexity index is 175. The van der Waals surface area contributed by atoms with E-state index in [0.29, 0.717) is 0 Å². The summed E-state index contributed by atoms with van der Waals surface area (Å²) in [6, 6.07) is 0. The molecule has 11 heavy (non-hydrogen) atoms. The van der Waals surface area contributed by atoms with Crippen LogP contribution in [0, 0.1) is 5.92 Å². The zero-order chi connectivity index (χ0) is 8.69. The molecular weight excluding hydrogens is 136 g/mol. The van der Waals surface area contributed by atoms with Crippen LogP contribution in [0.3, 0.4) is 0 Å². The molecule has 0 radical (unpaired) electrons. The fraction of sp³-hybridized carbons (Fsp3) is 0.300. The first kappa shape index (κ1) is 9.89. The number of hydrogen-bond acceptors (Lipinski definition) is 1. The lowest BCUT2D eigenvalue weighted by atomic mass is 10.1. The van der Waals surface area contributed by atoms with E-state index in [0.717, 1.165) is 6.29 Å². The Morgan fingerprint density at radius 2 is 2.09 bits per heavy atom. The molecule has 0 aliphatic heterocycles. The van der Waals surface area contributed by atoms with Gasteiger partial charge >= 0.3 is 0 Å². The van der Waals surface area contributed by atoms with Crippen molar-refractivity contribution in [3.05, 3.63) is 36.5 Å². The second-order valence-electron chi connectivity index (χ2n) is 2.58. The van der Waals surface area contributed by atoms with Gasteiger partial charge in [0.2, 0.25) is 0 Å². The van der Waals surface area contributed by atoms with Gasteiger partial charge in [0.05, 0.1) is 5.92 Å². The average Bonchev–Trinajstić information content (AvgIpc) is 1.98. The Morgan fingerprint density at radius 1 is 1.45 bits per heavy atom. The van der Waals surface area contributed by atoms with Crippen LogP contribution < -0.4 is 0 Å². The molecule has 0 aromatic carbocycles. The number of aldehydes is 1. The van der Waals surface area contributed by atoms with Gasteiger partial charge in [0.25, 0.3) is 0 Å². The fourth-order valence-electron chi connectivity index (χ4n) is 0.556. The predicted octanol–water partition coefficient (Wildman–Crippen LogP) is 2.51. The Morgan fingerprint density at radius 3 is 2.45 bits per heavy atom. The first-order valence-electron chi connectivity index (χ1n) is 3.60. The molecule has 0 amide bonds. The van der Waals surface area contributed by atoms with E-state index in [1.807, 2.05) is 32.1 Å². The first-order chi connectivity index (χ1) is 5.20. The molecule has 1 atom stereocenters. The van der Waals surface area contributed by atoms with Crippen molar-refractivity contribution in [2.45, 2.75) is 13.8 Å². The van der Waals surface area contributed by atoms with Gasteiger partial charge in [-0.15, -0.1) is 6.58 Å². The number of carbonyl (C=O) groups excluding carboxylic acids is 1. The molecule has 0 aromatic heterocycles. The molecule has 0 N–H and O–H groups in total. The van der Waals surface area contributed by atoms with Crippen LogP contribution in [0.15, 0.2) is 36.5 Å². The molecule has 0 aliphatic carbocycles. The number of hydrogen-bond donors (Lipinski definition) is 0. The zero-order valence-corrected chi connectivity index (χ0v) is 7.08. The third-order valence-electron chi connectivity index (χ3n) is 1.19. The van der Waals surface area contributed by atoms with Crippen LogP contribution in [-0.2, 0) is 4.79 Å². The van der Waals surface area contributed by atoms with Gasteiger partial charge in [-0.3, -0.25) is 0 Å². The van der Waals surface area contributed by atoms with Crippen molar-refractivity contribution in [2.75, 3.05) is 0 Å². The summed E-state index contributed by atoms with van der Waals surface area (Å²) < 4.78 is 0. The maximum Gasteiger partial charge on any atom is 0.130 e. The largest absolute Gasteiger partial charge is 0.302 e. The van der Waals surface area contributed by atoms with Gasteiger partial charge in [0.15, 0.2) is 0 Å². The van der Waals surface area contributed by atoms with E-state index in [1.54, 1.807) is 6.08 Å². The normalized spacial score (nSPS) is 12.5. The molecule has 0 spiro atoms. The smallest absolute Gasteiger partial charge is 0.130 e. The number of carbonyl (C=O) groups is 1. The summed E-state index contributed by atoms with van der Waals surface area (Å²) >= 11 is 0. The quantitative estimate of drug-likeness (QED) is 0.342. The molecule has 0 rings (SSSR count). The maximum atomic E-state index is 10.3. The molecule has 0 saturated carbocycles. The van der Waals surface area contributed by atoms with Gasteiger partial charge in [-0.25, -0.2) is 0 Å². The first-order valence-corrected chi connectivity index (χ1v) is 3.60. The highest BCUT2D eigenvalue weighted by Gasteiger charge is 1.91. The summed E-state index contributed by atoms with van der Waals surface area (Å²) in [6.07, 6.45) is 8.12. The maximum absolute atomic E-state index is 10.3. The van der Waals surface area contributed by atoms with Crippen LogP contribution in [0.2, 0.25) is 0 Å². The van der Waals surface area contributed by atoms with Crippen molar-refractivity contribution in [3.8, 4) is 0 Å². The predicted molar refractivity (Wildman–Crippen MR) is 48.3 cm³/mol. The summed E-state index contributed by atoms with van der Waals surface area (Å²) in [4.78, 5) is 10.3. The van der Waals surface area contributed by atoms with Crippen molar-refractivity contribution >= 4 is 6.29 Å². The highest BCUT2D eigenvalue weighted by atomic mass is 16.1. The van der Waals surface area contributed by atoms with Crippen LogP contribution in [-0.4, -0.2) is 6.29 Å². The van der Waals surface area contributed by atoms with E-state index < -0.39 is 0 Å². The van der Waals surface area contributed by atoms with Crippen molar-refractivity contribution < 1.29 is 4.79 Å². The molecule has 1 unspecified atom stereocenters. The molecule has 0 fully saturated rings. The van der Waals surface area contributed by atoms with E-state index >= 15 is 0 Å². The van der Waals surface area contributed by atoms with Crippen LogP contribution in [0.4, 0.5) is 0 Å². The van der Waals surface area contributed by atoms with Gasteiger partial charge in [-0.1, -0.05) is 29.9 Å². The Hall–Kier alpha value is -1.11. The Kier molecular flexibility index (Phi) is 5.09. The minimum absolute atomic E-state index is 0.148. The highest BCUT2D eigenvalue weighted by Crippen LogP contribution is 1.97. The van der Waals surface area contributed by atoms with Crippen LogP contribution >= 0.6 is 0 Å². The average molecular weight is 150 g/mol. The lowest BCUT2D eigenvalue weighted by Gasteiger charge is -1.91. The van der Waals surface area contributed by atoms with Crippen LogP contribution in [0.5, 0.6) is 0 Å². The van der Waals surface area contributed by atoms with E-state index in [9.17, 15) is 4.79 Å². The molecule has 0 heterocycles. The van der Waals surface area contributed by atoms with Gasteiger partial charge in [-0.2, -0.15) is 0 Å². The standard InChI is InChI=1S/C10H14O/c1-4-10(8-11)7-5-6-9(2)3/h4-8,10H,1H2,2-3H3/b7-5+. The van der Waals surface area contributed by atoms with Gasteiger partial charge in [0, 0.05) is 0 Å². The fourth-order valence-corrected chi connectivity index (χ4v) is 0.556. The molecule has 1 nitrogen and oxygen atoms in total. The van der Waals surface area contributed by atoms with E-state index in [-0.39, 0.29) is 5.92 Å². The van der Waals surface area contributed by atoms with Gasteiger partial charge in [-0.05, 0) is 13.8 Å². The third kappa shape index (κ3) is 5.34. The Labute approximate surface area is 68.1 Å². The summed E-state index contributed by atoms with van der Waals surface area (Å²) in [6.45, 7) is 7.54. The summed E-state index contributed by atoms with van der Waals surface area (Å²) in [5.74, 6) is -0.148. The molecule has 60 valence electrons. The lowest BCUT2D eigenvalue weighted by Crippen LogP contribution is -1.89. The molecule has 0 aliphatic rings. The number of allylic oxidation sites excluding steroid dienone is 5. The minimum atomic E-state index is -0.148. The van der Waals surface area contributed by atoms with Crippen molar-refractivity contribution in [3.63, 3.8) is 0 Å². The van der Waals surface area contributed by atoms with Crippen molar-refractivity contribution in [1.82, 2.24) is 0 Å². The molecule has 1 heteroatoms. The summed E-state index contributed by atoms with van der Waals surface area (Å²) in [5.41, 5.74) is 1.22. The zero-order valence-electron chi connectivity index (χ0n) is 7.08. The third-order valence-corrected chi connectivity index (χ3v) is 1.19.